The fraction of sp³-hybridized carbons (Fsp3) is 0.316. The number of H-pyrrole nitrogens is 1. The topological polar surface area (TPSA) is 78.8 Å². The van der Waals surface area contributed by atoms with Gasteiger partial charge >= 0.3 is 0 Å². The highest BCUT2D eigenvalue weighted by atomic mass is 35.5. The van der Waals surface area contributed by atoms with E-state index in [1.165, 1.54) is 0 Å². The Bertz CT molecular complexity index is 1070. The smallest absolute Gasteiger partial charge is 0.198 e. The number of pyridine rings is 2. The van der Waals surface area contributed by atoms with Crippen molar-refractivity contribution in [3.63, 3.8) is 0 Å². The molecule has 1 unspecified atom stereocenters. The van der Waals surface area contributed by atoms with Crippen LogP contribution in [0.4, 0.5) is 0 Å². The second-order valence-corrected chi connectivity index (χ2v) is 6.48. The number of fused-ring (bicyclic) bond motifs is 2. The Morgan fingerprint density at radius 3 is 2.64 bits per heavy atom. The van der Waals surface area contributed by atoms with E-state index in [-0.39, 0.29) is 5.43 Å². The van der Waals surface area contributed by atoms with Crippen LogP contribution in [0.15, 0.2) is 29.1 Å². The summed E-state index contributed by atoms with van der Waals surface area (Å²) < 4.78 is 5.61. The van der Waals surface area contributed by atoms with E-state index in [1.54, 1.807) is 24.3 Å². The predicted octanol–water partition coefficient (Wildman–Crippen LogP) is 4.32. The van der Waals surface area contributed by atoms with Crippen LogP contribution in [0, 0.1) is 11.3 Å². The van der Waals surface area contributed by atoms with E-state index in [9.17, 15) is 10.1 Å². The summed E-state index contributed by atoms with van der Waals surface area (Å²) in [6.07, 6.45) is 0.621. The largest absolute Gasteiger partial charge is 0.490 e. The molecule has 0 amide bonds. The molecule has 5 nitrogen and oxygen atoms in total. The molecule has 0 fully saturated rings. The first kappa shape index (κ1) is 17.2. The van der Waals surface area contributed by atoms with E-state index in [1.807, 2.05) is 20.8 Å². The maximum atomic E-state index is 12.8. The van der Waals surface area contributed by atoms with E-state index < -0.39 is 5.41 Å². The summed E-state index contributed by atoms with van der Waals surface area (Å²) in [6, 6.07) is 9.10. The third kappa shape index (κ3) is 2.73. The summed E-state index contributed by atoms with van der Waals surface area (Å²) in [5.74, 6) is 0.436. The summed E-state index contributed by atoms with van der Waals surface area (Å²) >= 11 is 6.22. The predicted molar refractivity (Wildman–Crippen MR) is 99.3 cm³/mol. The Labute approximate surface area is 150 Å². The number of nitriles is 1. The van der Waals surface area contributed by atoms with Crippen LogP contribution < -0.4 is 10.2 Å². The number of nitrogens with one attached hydrogen (secondary N) is 1. The van der Waals surface area contributed by atoms with Gasteiger partial charge in [-0.25, -0.2) is 4.98 Å². The van der Waals surface area contributed by atoms with Gasteiger partial charge in [-0.2, -0.15) is 5.26 Å². The van der Waals surface area contributed by atoms with Crippen LogP contribution in [0.3, 0.4) is 0 Å². The summed E-state index contributed by atoms with van der Waals surface area (Å²) in [6.45, 7) is 6.05. The first-order valence-electron chi connectivity index (χ1n) is 8.15. The molecule has 0 aliphatic carbocycles. The van der Waals surface area contributed by atoms with Gasteiger partial charge in [-0.3, -0.25) is 4.79 Å². The molecule has 1 aromatic carbocycles. The molecule has 2 heterocycles. The van der Waals surface area contributed by atoms with Gasteiger partial charge in [0.2, 0.25) is 0 Å². The molecular formula is C19H18ClN3O2. The summed E-state index contributed by atoms with van der Waals surface area (Å²) in [5, 5.41) is 10.9. The molecule has 1 atom stereocenters. The lowest BCUT2D eigenvalue weighted by molar-refractivity contribution is 0.344. The molecule has 0 aliphatic heterocycles. The minimum Gasteiger partial charge on any atom is -0.490 e. The van der Waals surface area contributed by atoms with Crippen LogP contribution in [0.1, 0.15) is 32.9 Å². The lowest BCUT2D eigenvalue weighted by Gasteiger charge is -2.19. The lowest BCUT2D eigenvalue weighted by atomic mass is 9.85. The van der Waals surface area contributed by atoms with Gasteiger partial charge in [-0.1, -0.05) is 18.5 Å². The molecule has 3 aromatic rings. The molecule has 0 saturated carbocycles. The highest BCUT2D eigenvalue weighted by molar-refractivity contribution is 6.33. The van der Waals surface area contributed by atoms with Crippen molar-refractivity contribution >= 4 is 33.5 Å². The van der Waals surface area contributed by atoms with Gasteiger partial charge in [-0.15, -0.1) is 0 Å². The molecule has 0 radical (unpaired) electrons. The standard InChI is InChI=1S/C19H18ClN3O2/c1-4-19(3,10-21)14-9-7-12-16(24)11-6-8-13(20)17(25-5-2)15(11)23-18(12)22-14/h6-9H,4-5H2,1-3H3,(H,22,23,24). The van der Waals surface area contributed by atoms with Crippen molar-refractivity contribution in [1.29, 1.82) is 5.26 Å². The number of aromatic nitrogens is 2. The van der Waals surface area contributed by atoms with Gasteiger partial charge in [0.25, 0.3) is 0 Å². The fourth-order valence-corrected chi connectivity index (χ4v) is 2.99. The number of halogens is 1. The first-order chi connectivity index (χ1) is 11.9. The van der Waals surface area contributed by atoms with Crippen molar-refractivity contribution in [1.82, 2.24) is 9.97 Å². The van der Waals surface area contributed by atoms with Crippen molar-refractivity contribution in [2.24, 2.45) is 0 Å². The maximum Gasteiger partial charge on any atom is 0.198 e. The van der Waals surface area contributed by atoms with Crippen LogP contribution in [-0.4, -0.2) is 16.6 Å². The van der Waals surface area contributed by atoms with Gasteiger partial charge in [0.05, 0.1) is 45.1 Å². The Balaban J connectivity index is 2.38. The van der Waals surface area contributed by atoms with Crippen LogP contribution in [0.25, 0.3) is 21.9 Å². The SMILES string of the molecule is CCOc1c(Cl)ccc2c(=O)c3ccc(C(C)(C#N)CC)nc3[nH]c12. The van der Waals surface area contributed by atoms with Crippen molar-refractivity contribution in [2.75, 3.05) is 6.61 Å². The highest BCUT2D eigenvalue weighted by Crippen LogP contribution is 2.32. The molecule has 0 aliphatic rings. The van der Waals surface area contributed by atoms with Crippen LogP contribution >= 0.6 is 11.6 Å². The Kier molecular flexibility index (Phi) is 4.40. The zero-order valence-electron chi connectivity index (χ0n) is 14.3. The normalized spacial score (nSPS) is 13.6. The number of ether oxygens (including phenoxy) is 1. The van der Waals surface area contributed by atoms with E-state index in [0.717, 1.165) is 0 Å². The average molecular weight is 356 g/mol. The Hall–Kier alpha value is -2.58. The van der Waals surface area contributed by atoms with Crippen molar-refractivity contribution in [3.8, 4) is 11.8 Å². The molecule has 6 heteroatoms. The van der Waals surface area contributed by atoms with Crippen LogP contribution in [0.2, 0.25) is 5.02 Å². The second-order valence-electron chi connectivity index (χ2n) is 6.08. The summed E-state index contributed by atoms with van der Waals surface area (Å²) in [4.78, 5) is 20.6. The van der Waals surface area contributed by atoms with Gasteiger partial charge in [0.1, 0.15) is 5.65 Å². The Morgan fingerprint density at radius 2 is 2.00 bits per heavy atom. The zero-order chi connectivity index (χ0) is 18.2. The van der Waals surface area contributed by atoms with E-state index >= 15 is 0 Å². The lowest BCUT2D eigenvalue weighted by Crippen LogP contribution is -2.20. The number of benzene rings is 1. The minimum atomic E-state index is -0.711. The number of nitrogens with zero attached hydrogens (tertiary/aromatic N) is 2. The molecule has 1 N–H and O–H groups in total. The average Bonchev–Trinajstić information content (AvgIpc) is 2.63. The van der Waals surface area contributed by atoms with Gasteiger partial charge in [0, 0.05) is 0 Å². The molecular weight excluding hydrogens is 338 g/mol. The molecule has 0 spiro atoms. The fourth-order valence-electron chi connectivity index (χ4n) is 2.78. The van der Waals surface area contributed by atoms with E-state index in [0.29, 0.717) is 51.4 Å². The van der Waals surface area contributed by atoms with E-state index in [4.69, 9.17) is 16.3 Å². The van der Waals surface area contributed by atoms with Gasteiger partial charge < -0.3 is 9.72 Å². The monoisotopic (exact) mass is 355 g/mol. The molecule has 2 aromatic heterocycles. The van der Waals surface area contributed by atoms with Crippen molar-refractivity contribution < 1.29 is 4.74 Å². The third-order valence-electron chi connectivity index (χ3n) is 4.55. The summed E-state index contributed by atoms with van der Waals surface area (Å²) in [7, 11) is 0. The van der Waals surface area contributed by atoms with Gasteiger partial charge in [-0.05, 0) is 44.5 Å². The number of hydrogen-bond donors (Lipinski definition) is 1. The third-order valence-corrected chi connectivity index (χ3v) is 4.84. The van der Waals surface area contributed by atoms with E-state index in [2.05, 4.69) is 16.0 Å². The second kappa shape index (κ2) is 6.38. The quantitative estimate of drug-likeness (QED) is 0.707. The minimum absolute atomic E-state index is 0.143. The maximum absolute atomic E-state index is 12.8. The highest BCUT2D eigenvalue weighted by Gasteiger charge is 2.26. The van der Waals surface area contributed by atoms with Crippen molar-refractivity contribution in [3.05, 3.63) is 45.2 Å². The van der Waals surface area contributed by atoms with Crippen LogP contribution in [0.5, 0.6) is 5.75 Å². The van der Waals surface area contributed by atoms with Crippen LogP contribution in [-0.2, 0) is 5.41 Å². The number of rotatable bonds is 4. The van der Waals surface area contributed by atoms with Gasteiger partial charge in [0.15, 0.2) is 11.2 Å². The molecule has 128 valence electrons. The summed E-state index contributed by atoms with van der Waals surface area (Å²) in [5.41, 5.74) is 0.715. The molecule has 25 heavy (non-hydrogen) atoms. The van der Waals surface area contributed by atoms with Crippen molar-refractivity contribution in [2.45, 2.75) is 32.6 Å². The molecule has 0 bridgehead atoms. The molecule has 0 saturated heterocycles. The zero-order valence-corrected chi connectivity index (χ0v) is 15.1. The Morgan fingerprint density at radius 1 is 1.28 bits per heavy atom. The number of aromatic amines is 1. The first-order valence-corrected chi connectivity index (χ1v) is 8.52. The molecule has 3 rings (SSSR count). The number of hydrogen-bond acceptors (Lipinski definition) is 4.